The third kappa shape index (κ3) is 4.02. The number of esters is 1. The van der Waals surface area contributed by atoms with Gasteiger partial charge in [0.05, 0.1) is 13.7 Å². The van der Waals surface area contributed by atoms with E-state index >= 15 is 0 Å². The maximum absolute atomic E-state index is 12.1. The van der Waals surface area contributed by atoms with Crippen LogP contribution in [0.25, 0.3) is 0 Å². The van der Waals surface area contributed by atoms with E-state index < -0.39 is 11.5 Å². The maximum atomic E-state index is 12.1. The van der Waals surface area contributed by atoms with Gasteiger partial charge in [0.15, 0.2) is 0 Å². The van der Waals surface area contributed by atoms with Gasteiger partial charge in [-0.2, -0.15) is 0 Å². The highest BCUT2D eigenvalue weighted by atomic mass is 16.5. The fourth-order valence-electron chi connectivity index (χ4n) is 1.75. The van der Waals surface area contributed by atoms with Crippen molar-refractivity contribution in [2.24, 2.45) is 5.41 Å². The van der Waals surface area contributed by atoms with Gasteiger partial charge in [0.2, 0.25) is 0 Å². The molecule has 0 saturated heterocycles. The van der Waals surface area contributed by atoms with Gasteiger partial charge in [-0.15, -0.1) is 6.58 Å². The van der Waals surface area contributed by atoms with Crippen LogP contribution < -0.4 is 10.1 Å². The zero-order chi connectivity index (χ0) is 15.2. The average Bonchev–Trinajstić information content (AvgIpc) is 2.45. The second kappa shape index (κ2) is 6.98. The minimum Gasteiger partial charge on any atom is -0.497 e. The molecular formula is C16H23NO3. The summed E-state index contributed by atoms with van der Waals surface area (Å²) in [4.78, 5) is 12.1. The van der Waals surface area contributed by atoms with E-state index in [9.17, 15) is 4.79 Å². The number of benzene rings is 1. The molecule has 0 radical (unpaired) electrons. The molecule has 0 aliphatic carbocycles. The third-order valence-electron chi connectivity index (χ3n) is 3.19. The van der Waals surface area contributed by atoms with Gasteiger partial charge in [0.25, 0.3) is 0 Å². The summed E-state index contributed by atoms with van der Waals surface area (Å²) >= 11 is 0. The van der Waals surface area contributed by atoms with Crippen LogP contribution in [0.3, 0.4) is 0 Å². The van der Waals surface area contributed by atoms with Crippen LogP contribution in [0.1, 0.15) is 20.8 Å². The van der Waals surface area contributed by atoms with E-state index in [0.717, 1.165) is 11.4 Å². The first-order chi connectivity index (χ1) is 9.44. The fourth-order valence-corrected chi connectivity index (χ4v) is 1.75. The number of nitrogens with one attached hydrogen (secondary N) is 1. The molecule has 20 heavy (non-hydrogen) atoms. The molecule has 0 spiro atoms. The van der Waals surface area contributed by atoms with Gasteiger partial charge in [0.1, 0.15) is 11.8 Å². The van der Waals surface area contributed by atoms with E-state index in [1.165, 1.54) is 0 Å². The van der Waals surface area contributed by atoms with Crippen molar-refractivity contribution in [3.63, 3.8) is 0 Å². The first-order valence-electron chi connectivity index (χ1n) is 6.65. The van der Waals surface area contributed by atoms with Crippen LogP contribution in [0, 0.1) is 5.41 Å². The quantitative estimate of drug-likeness (QED) is 0.614. The van der Waals surface area contributed by atoms with Crippen molar-refractivity contribution in [2.75, 3.05) is 19.0 Å². The summed E-state index contributed by atoms with van der Waals surface area (Å²) < 4.78 is 10.2. The SMILES string of the molecule is C=CC(C)(C)C(Nc1ccc(OC)cc1)C(=O)OCC. The summed E-state index contributed by atoms with van der Waals surface area (Å²) in [5.74, 6) is 0.486. The zero-order valence-electron chi connectivity index (χ0n) is 12.6. The highest BCUT2D eigenvalue weighted by molar-refractivity contribution is 5.80. The second-order valence-electron chi connectivity index (χ2n) is 5.08. The van der Waals surface area contributed by atoms with Gasteiger partial charge in [0, 0.05) is 11.1 Å². The summed E-state index contributed by atoms with van der Waals surface area (Å²) in [6, 6.07) is 6.92. The number of hydrogen-bond donors (Lipinski definition) is 1. The lowest BCUT2D eigenvalue weighted by Gasteiger charge is -2.31. The molecule has 1 unspecified atom stereocenters. The molecule has 0 saturated carbocycles. The van der Waals surface area contributed by atoms with E-state index in [1.807, 2.05) is 38.1 Å². The number of rotatable bonds is 7. The lowest BCUT2D eigenvalue weighted by molar-refractivity contribution is -0.146. The van der Waals surface area contributed by atoms with Crippen LogP contribution in [-0.4, -0.2) is 25.7 Å². The van der Waals surface area contributed by atoms with Gasteiger partial charge >= 0.3 is 5.97 Å². The number of carbonyl (C=O) groups excluding carboxylic acids is 1. The molecule has 0 fully saturated rings. The number of methoxy groups -OCH3 is 1. The Labute approximate surface area is 120 Å². The Bertz CT molecular complexity index is 451. The molecule has 0 amide bonds. The van der Waals surface area contributed by atoms with E-state index in [4.69, 9.17) is 9.47 Å². The average molecular weight is 277 g/mol. The van der Waals surface area contributed by atoms with Gasteiger partial charge in [-0.1, -0.05) is 19.9 Å². The predicted molar refractivity (Wildman–Crippen MR) is 81.0 cm³/mol. The molecule has 1 atom stereocenters. The Morgan fingerprint density at radius 2 is 2.00 bits per heavy atom. The molecule has 110 valence electrons. The fraction of sp³-hybridized carbons (Fsp3) is 0.438. The normalized spacial score (nSPS) is 12.4. The second-order valence-corrected chi connectivity index (χ2v) is 5.08. The Morgan fingerprint density at radius 1 is 1.40 bits per heavy atom. The molecule has 0 aromatic heterocycles. The summed E-state index contributed by atoms with van der Waals surface area (Å²) in [5.41, 5.74) is 0.408. The Balaban J connectivity index is 2.93. The minimum atomic E-state index is -0.492. The predicted octanol–water partition coefficient (Wildman–Crippen LogP) is 3.25. The van der Waals surface area contributed by atoms with Crippen molar-refractivity contribution < 1.29 is 14.3 Å². The van der Waals surface area contributed by atoms with Crippen molar-refractivity contribution in [2.45, 2.75) is 26.8 Å². The first kappa shape index (κ1) is 16.1. The van der Waals surface area contributed by atoms with Gasteiger partial charge in [-0.25, -0.2) is 4.79 Å². The summed E-state index contributed by atoms with van der Waals surface area (Å²) in [6.07, 6.45) is 1.76. The molecule has 1 rings (SSSR count). The molecule has 0 aliphatic rings. The standard InChI is InChI=1S/C16H23NO3/c1-6-16(3,4)14(15(18)20-7-2)17-12-8-10-13(19-5)11-9-12/h6,8-11,14,17H,1,7H2,2-5H3. The molecule has 1 aromatic carbocycles. The van der Waals surface area contributed by atoms with Crippen molar-refractivity contribution >= 4 is 11.7 Å². The molecule has 1 N–H and O–H groups in total. The summed E-state index contributed by atoms with van der Waals surface area (Å²) in [6.45, 7) is 9.83. The molecule has 4 heteroatoms. The van der Waals surface area contributed by atoms with Crippen LogP contribution >= 0.6 is 0 Å². The number of anilines is 1. The topological polar surface area (TPSA) is 47.6 Å². The molecule has 4 nitrogen and oxygen atoms in total. The maximum Gasteiger partial charge on any atom is 0.329 e. The van der Waals surface area contributed by atoms with Crippen molar-refractivity contribution in [3.05, 3.63) is 36.9 Å². The van der Waals surface area contributed by atoms with Gasteiger partial charge in [-0.05, 0) is 31.2 Å². The van der Waals surface area contributed by atoms with E-state index in [0.29, 0.717) is 6.61 Å². The number of carbonyl (C=O) groups is 1. The van der Waals surface area contributed by atoms with Gasteiger partial charge < -0.3 is 14.8 Å². The van der Waals surface area contributed by atoms with Crippen molar-refractivity contribution in [1.29, 1.82) is 0 Å². The Morgan fingerprint density at radius 3 is 2.45 bits per heavy atom. The molecule has 0 aliphatic heterocycles. The minimum absolute atomic E-state index is 0.284. The highest BCUT2D eigenvalue weighted by Gasteiger charge is 2.34. The monoisotopic (exact) mass is 277 g/mol. The molecular weight excluding hydrogens is 254 g/mol. The Hall–Kier alpha value is -1.97. The van der Waals surface area contributed by atoms with Crippen LogP contribution in [-0.2, 0) is 9.53 Å². The zero-order valence-corrected chi connectivity index (χ0v) is 12.6. The smallest absolute Gasteiger partial charge is 0.329 e. The third-order valence-corrected chi connectivity index (χ3v) is 3.19. The summed E-state index contributed by atoms with van der Waals surface area (Å²) in [7, 11) is 1.62. The molecule has 0 heterocycles. The molecule has 1 aromatic rings. The van der Waals surface area contributed by atoms with E-state index in [1.54, 1.807) is 20.1 Å². The van der Waals surface area contributed by atoms with E-state index in [-0.39, 0.29) is 5.97 Å². The van der Waals surface area contributed by atoms with Gasteiger partial charge in [-0.3, -0.25) is 0 Å². The number of ether oxygens (including phenoxy) is 2. The highest BCUT2D eigenvalue weighted by Crippen LogP contribution is 2.27. The lowest BCUT2D eigenvalue weighted by Crippen LogP contribution is -2.42. The Kier molecular flexibility index (Phi) is 5.62. The van der Waals surface area contributed by atoms with Crippen LogP contribution in [0.15, 0.2) is 36.9 Å². The first-order valence-corrected chi connectivity index (χ1v) is 6.65. The van der Waals surface area contributed by atoms with Crippen molar-refractivity contribution in [3.8, 4) is 5.75 Å². The van der Waals surface area contributed by atoms with Crippen LogP contribution in [0.2, 0.25) is 0 Å². The lowest BCUT2D eigenvalue weighted by atomic mass is 9.84. The van der Waals surface area contributed by atoms with Crippen LogP contribution in [0.4, 0.5) is 5.69 Å². The number of hydrogen-bond acceptors (Lipinski definition) is 4. The summed E-state index contributed by atoms with van der Waals surface area (Å²) in [5, 5.41) is 3.20. The van der Waals surface area contributed by atoms with Crippen LogP contribution in [0.5, 0.6) is 5.75 Å². The van der Waals surface area contributed by atoms with Crippen molar-refractivity contribution in [1.82, 2.24) is 0 Å². The largest absolute Gasteiger partial charge is 0.497 e. The molecule has 0 bridgehead atoms. The van der Waals surface area contributed by atoms with E-state index in [2.05, 4.69) is 11.9 Å².